The van der Waals surface area contributed by atoms with Crippen LogP contribution in [0.2, 0.25) is 0 Å². The Bertz CT molecular complexity index is 839. The molecular weight excluding hydrogens is 324 g/mol. The van der Waals surface area contributed by atoms with Crippen LogP contribution in [0.15, 0.2) is 18.2 Å². The maximum absolute atomic E-state index is 13.0. The van der Waals surface area contributed by atoms with Gasteiger partial charge in [-0.3, -0.25) is 4.79 Å². The van der Waals surface area contributed by atoms with Crippen LogP contribution in [0, 0.1) is 13.8 Å². The number of carbonyl (C=O) groups is 1. The van der Waals surface area contributed by atoms with Crippen molar-refractivity contribution in [1.82, 2.24) is 20.4 Å². The fourth-order valence-electron chi connectivity index (χ4n) is 4.34. The van der Waals surface area contributed by atoms with Crippen molar-refractivity contribution in [3.8, 4) is 5.69 Å². The van der Waals surface area contributed by atoms with Gasteiger partial charge in [-0.25, -0.2) is 4.68 Å². The minimum absolute atomic E-state index is 0.0211. The fraction of sp³-hybridized carbons (Fsp3) is 0.524. The highest BCUT2D eigenvalue weighted by Gasteiger charge is 2.30. The summed E-state index contributed by atoms with van der Waals surface area (Å²) >= 11 is 0. The van der Waals surface area contributed by atoms with Gasteiger partial charge in [0.2, 0.25) is 0 Å². The molecule has 1 aromatic heterocycles. The quantitative estimate of drug-likeness (QED) is 0.893. The van der Waals surface area contributed by atoms with E-state index in [2.05, 4.69) is 49.6 Å². The third kappa shape index (κ3) is 3.05. The van der Waals surface area contributed by atoms with E-state index in [1.807, 2.05) is 4.68 Å². The molecule has 2 unspecified atom stereocenters. The van der Waals surface area contributed by atoms with Crippen LogP contribution in [0.25, 0.3) is 5.69 Å². The Labute approximate surface area is 155 Å². The second-order valence-corrected chi connectivity index (χ2v) is 7.79. The molecule has 1 aromatic carbocycles. The number of hydrogen-bond donors (Lipinski definition) is 2. The molecule has 5 heteroatoms. The zero-order valence-electron chi connectivity index (χ0n) is 15.9. The molecule has 2 aromatic rings. The molecule has 2 N–H and O–H groups in total. The number of rotatable bonds is 3. The summed E-state index contributed by atoms with van der Waals surface area (Å²) in [4.78, 5) is 13.0. The first-order valence-corrected chi connectivity index (χ1v) is 9.77. The number of benzene rings is 1. The molecular formula is C21H28N4O. The van der Waals surface area contributed by atoms with Crippen molar-refractivity contribution in [2.45, 2.75) is 65.0 Å². The summed E-state index contributed by atoms with van der Waals surface area (Å²) in [5, 5.41) is 11.4. The first-order chi connectivity index (χ1) is 12.5. The zero-order valence-corrected chi connectivity index (χ0v) is 15.9. The summed E-state index contributed by atoms with van der Waals surface area (Å²) in [5.41, 5.74) is 6.48. The molecule has 4 rings (SSSR count). The Morgan fingerprint density at radius 3 is 2.88 bits per heavy atom. The van der Waals surface area contributed by atoms with E-state index in [1.165, 1.54) is 16.8 Å². The van der Waals surface area contributed by atoms with Gasteiger partial charge in [-0.2, -0.15) is 5.10 Å². The molecule has 5 nitrogen and oxygen atoms in total. The van der Waals surface area contributed by atoms with Gasteiger partial charge in [-0.1, -0.05) is 17.7 Å². The number of aryl methyl sites for hydroxylation is 2. The van der Waals surface area contributed by atoms with Gasteiger partial charge >= 0.3 is 0 Å². The lowest BCUT2D eigenvalue weighted by Crippen LogP contribution is -2.52. The predicted octanol–water partition coefficient (Wildman–Crippen LogP) is 2.85. The van der Waals surface area contributed by atoms with Crippen molar-refractivity contribution in [3.63, 3.8) is 0 Å². The Morgan fingerprint density at radius 2 is 2.12 bits per heavy atom. The Balaban J connectivity index is 1.66. The molecule has 1 amide bonds. The lowest BCUT2D eigenvalue weighted by molar-refractivity contribution is 0.0913. The minimum atomic E-state index is -0.0211. The molecule has 138 valence electrons. The maximum atomic E-state index is 13.0. The maximum Gasteiger partial charge on any atom is 0.272 e. The highest BCUT2D eigenvalue weighted by atomic mass is 16.2. The van der Waals surface area contributed by atoms with Gasteiger partial charge in [-0.15, -0.1) is 0 Å². The molecule has 2 heterocycles. The smallest absolute Gasteiger partial charge is 0.272 e. The van der Waals surface area contributed by atoms with E-state index in [-0.39, 0.29) is 11.9 Å². The second-order valence-electron chi connectivity index (χ2n) is 7.79. The van der Waals surface area contributed by atoms with Crippen molar-refractivity contribution in [2.24, 2.45) is 0 Å². The van der Waals surface area contributed by atoms with Crippen LogP contribution in [0.3, 0.4) is 0 Å². The lowest BCUT2D eigenvalue weighted by atomic mass is 9.99. The van der Waals surface area contributed by atoms with Gasteiger partial charge in [-0.05, 0) is 71.0 Å². The minimum Gasteiger partial charge on any atom is -0.346 e. The molecule has 1 aliphatic carbocycles. The van der Waals surface area contributed by atoms with E-state index >= 15 is 0 Å². The van der Waals surface area contributed by atoms with Crippen LogP contribution in [-0.2, 0) is 12.8 Å². The average molecular weight is 352 g/mol. The molecule has 0 saturated carbocycles. The van der Waals surface area contributed by atoms with Crippen LogP contribution in [0.4, 0.5) is 0 Å². The Morgan fingerprint density at radius 1 is 1.27 bits per heavy atom. The van der Waals surface area contributed by atoms with Crippen molar-refractivity contribution in [3.05, 3.63) is 46.3 Å². The zero-order chi connectivity index (χ0) is 18.3. The van der Waals surface area contributed by atoms with Crippen LogP contribution in [0.1, 0.15) is 59.1 Å². The molecule has 0 spiro atoms. The van der Waals surface area contributed by atoms with E-state index in [9.17, 15) is 4.79 Å². The molecule has 1 saturated heterocycles. The van der Waals surface area contributed by atoms with Crippen molar-refractivity contribution >= 4 is 5.91 Å². The number of fused-ring (bicyclic) bond motifs is 1. The van der Waals surface area contributed by atoms with E-state index in [4.69, 9.17) is 5.10 Å². The van der Waals surface area contributed by atoms with Crippen LogP contribution in [0.5, 0.6) is 0 Å². The fourth-order valence-corrected chi connectivity index (χ4v) is 4.34. The van der Waals surface area contributed by atoms with E-state index < -0.39 is 0 Å². The van der Waals surface area contributed by atoms with Crippen LogP contribution in [-0.4, -0.2) is 34.3 Å². The Kier molecular flexibility index (Phi) is 4.57. The lowest BCUT2D eigenvalue weighted by Gasteiger charge is -2.30. The van der Waals surface area contributed by atoms with E-state index in [1.54, 1.807) is 0 Å². The highest BCUT2D eigenvalue weighted by Crippen LogP contribution is 2.29. The van der Waals surface area contributed by atoms with Gasteiger partial charge in [0.15, 0.2) is 5.69 Å². The average Bonchev–Trinajstić information content (AvgIpc) is 3.20. The number of nitrogens with zero attached hydrogens (tertiary/aromatic N) is 2. The second kappa shape index (κ2) is 6.88. The molecule has 26 heavy (non-hydrogen) atoms. The van der Waals surface area contributed by atoms with Crippen LogP contribution >= 0.6 is 0 Å². The summed E-state index contributed by atoms with van der Waals surface area (Å²) in [6, 6.07) is 6.89. The molecule has 2 aliphatic rings. The van der Waals surface area contributed by atoms with Gasteiger partial charge in [0.25, 0.3) is 5.91 Å². The van der Waals surface area contributed by atoms with Gasteiger partial charge in [0.05, 0.1) is 5.69 Å². The standard InChI is InChI=1S/C21H28N4O/c1-13-9-10-18(14(2)12-13)25-19-8-4-6-16(19)20(24-25)21(26)23-17-7-5-11-22-15(17)3/h9-10,12,15,17,22H,4-8,11H2,1-3H3,(H,23,26). The SMILES string of the molecule is Cc1ccc(-n2nc(C(=O)NC3CCCNC3C)c3c2CCC3)c(C)c1. The third-order valence-electron chi connectivity index (χ3n) is 5.80. The normalized spacial score (nSPS) is 22.3. The molecule has 0 bridgehead atoms. The topological polar surface area (TPSA) is 59.0 Å². The summed E-state index contributed by atoms with van der Waals surface area (Å²) < 4.78 is 2.01. The number of nitrogens with one attached hydrogen (secondary N) is 2. The first-order valence-electron chi connectivity index (χ1n) is 9.77. The van der Waals surface area contributed by atoms with E-state index in [0.29, 0.717) is 11.7 Å². The highest BCUT2D eigenvalue weighted by molar-refractivity contribution is 5.94. The largest absolute Gasteiger partial charge is 0.346 e. The summed E-state index contributed by atoms with van der Waals surface area (Å²) in [6.45, 7) is 7.39. The molecule has 0 radical (unpaired) electrons. The van der Waals surface area contributed by atoms with Crippen molar-refractivity contribution in [1.29, 1.82) is 0 Å². The van der Waals surface area contributed by atoms with Crippen LogP contribution < -0.4 is 10.6 Å². The number of piperidine rings is 1. The predicted molar refractivity (Wildman–Crippen MR) is 103 cm³/mol. The number of hydrogen-bond acceptors (Lipinski definition) is 3. The molecule has 1 fully saturated rings. The number of aromatic nitrogens is 2. The van der Waals surface area contributed by atoms with Crippen molar-refractivity contribution < 1.29 is 4.79 Å². The summed E-state index contributed by atoms with van der Waals surface area (Å²) in [7, 11) is 0. The number of carbonyl (C=O) groups excluding carboxylic acids is 1. The molecule has 1 aliphatic heterocycles. The summed E-state index contributed by atoms with van der Waals surface area (Å²) in [5.74, 6) is -0.0211. The first kappa shape index (κ1) is 17.3. The van der Waals surface area contributed by atoms with Gasteiger partial charge < -0.3 is 10.6 Å². The number of amides is 1. The summed E-state index contributed by atoms with van der Waals surface area (Å²) in [6.07, 6.45) is 5.16. The third-order valence-corrected chi connectivity index (χ3v) is 5.80. The molecule has 2 atom stereocenters. The van der Waals surface area contributed by atoms with Gasteiger partial charge in [0, 0.05) is 23.3 Å². The Hall–Kier alpha value is -2.14. The van der Waals surface area contributed by atoms with Gasteiger partial charge in [0.1, 0.15) is 0 Å². The van der Waals surface area contributed by atoms with Crippen molar-refractivity contribution in [2.75, 3.05) is 6.54 Å². The monoisotopic (exact) mass is 352 g/mol. The van der Waals surface area contributed by atoms with E-state index in [0.717, 1.165) is 49.9 Å².